The molecule has 20 heavy (non-hydrogen) atoms. The molecule has 0 aromatic heterocycles. The number of carbonyl (C=O) groups is 1. The van der Waals surface area contributed by atoms with Crippen LogP contribution in [-0.4, -0.2) is 47.1 Å². The highest BCUT2D eigenvalue weighted by Crippen LogP contribution is 2.31. The zero-order valence-corrected chi connectivity index (χ0v) is 11.9. The highest BCUT2D eigenvalue weighted by atomic mass is 16.6. The Labute approximate surface area is 116 Å². The van der Waals surface area contributed by atoms with Crippen molar-refractivity contribution in [2.45, 2.75) is 19.4 Å². The highest BCUT2D eigenvalue weighted by Gasteiger charge is 2.28. The summed E-state index contributed by atoms with van der Waals surface area (Å²) in [6.45, 7) is 4.03. The Kier molecular flexibility index (Phi) is 4.67. The molecule has 0 fully saturated rings. The van der Waals surface area contributed by atoms with Crippen molar-refractivity contribution in [2.75, 3.05) is 20.7 Å². The van der Waals surface area contributed by atoms with Crippen molar-refractivity contribution in [3.05, 3.63) is 33.9 Å². The summed E-state index contributed by atoms with van der Waals surface area (Å²) < 4.78 is 5.47. The van der Waals surface area contributed by atoms with Gasteiger partial charge in [0.1, 0.15) is 12.2 Å². The Balaban J connectivity index is 3.10. The Morgan fingerprint density at radius 3 is 2.50 bits per heavy atom. The summed E-state index contributed by atoms with van der Waals surface area (Å²) in [5.41, 5.74) is -1.24. The predicted octanol–water partition coefficient (Wildman–Crippen LogP) is 2.01. The Morgan fingerprint density at radius 1 is 1.45 bits per heavy atom. The minimum Gasteiger partial charge on any atom is -0.485 e. The topological polar surface area (TPSA) is 92.9 Å². The molecule has 1 aromatic rings. The molecule has 0 radical (unpaired) electrons. The van der Waals surface area contributed by atoms with Gasteiger partial charge in [-0.25, -0.2) is 4.79 Å². The van der Waals surface area contributed by atoms with Crippen LogP contribution in [0.4, 0.5) is 5.69 Å². The molecule has 7 nitrogen and oxygen atoms in total. The van der Waals surface area contributed by atoms with Gasteiger partial charge in [0.25, 0.3) is 0 Å². The standard InChI is InChI=1S/C13H18N2O5/c1-13(2,14(3)4)8-20-10-7-5-6-9(12(16)17)11(10)15(18)19/h5-7H,8H2,1-4H3,(H,16,17). The van der Waals surface area contributed by atoms with Crippen molar-refractivity contribution < 1.29 is 19.6 Å². The summed E-state index contributed by atoms with van der Waals surface area (Å²) >= 11 is 0. The molecule has 0 saturated heterocycles. The highest BCUT2D eigenvalue weighted by molar-refractivity contribution is 5.93. The molecule has 0 saturated carbocycles. The van der Waals surface area contributed by atoms with Crippen LogP contribution in [0, 0.1) is 10.1 Å². The summed E-state index contributed by atoms with van der Waals surface area (Å²) in [6.07, 6.45) is 0. The number of carboxylic acid groups (broad SMARTS) is 1. The number of benzene rings is 1. The number of rotatable bonds is 6. The number of hydrogen-bond donors (Lipinski definition) is 1. The fraction of sp³-hybridized carbons (Fsp3) is 0.462. The van der Waals surface area contributed by atoms with Crippen LogP contribution in [0.3, 0.4) is 0 Å². The second-order valence-corrected chi connectivity index (χ2v) is 5.21. The molecular weight excluding hydrogens is 264 g/mol. The molecule has 0 aliphatic heterocycles. The maximum atomic E-state index is 11.1. The fourth-order valence-corrected chi connectivity index (χ4v) is 1.38. The van der Waals surface area contributed by atoms with E-state index in [4.69, 9.17) is 9.84 Å². The van der Waals surface area contributed by atoms with E-state index in [1.165, 1.54) is 18.2 Å². The van der Waals surface area contributed by atoms with Crippen molar-refractivity contribution in [1.29, 1.82) is 0 Å². The summed E-state index contributed by atoms with van der Waals surface area (Å²) in [5, 5.41) is 20.0. The van der Waals surface area contributed by atoms with Gasteiger partial charge in [0, 0.05) is 5.54 Å². The third-order valence-electron chi connectivity index (χ3n) is 3.20. The van der Waals surface area contributed by atoms with Gasteiger partial charge in [-0.15, -0.1) is 0 Å². The number of ether oxygens (including phenoxy) is 1. The van der Waals surface area contributed by atoms with Crippen molar-refractivity contribution in [1.82, 2.24) is 4.90 Å². The van der Waals surface area contributed by atoms with Crippen LogP contribution in [0.1, 0.15) is 24.2 Å². The Hall–Kier alpha value is -2.15. The van der Waals surface area contributed by atoms with E-state index in [9.17, 15) is 14.9 Å². The van der Waals surface area contributed by atoms with Gasteiger partial charge in [0.2, 0.25) is 0 Å². The third kappa shape index (κ3) is 3.45. The van der Waals surface area contributed by atoms with Gasteiger partial charge >= 0.3 is 11.7 Å². The first-order chi connectivity index (χ1) is 9.16. The second-order valence-electron chi connectivity index (χ2n) is 5.21. The normalized spacial score (nSPS) is 11.4. The molecular formula is C13H18N2O5. The number of aromatic carboxylic acids is 1. The molecule has 110 valence electrons. The van der Waals surface area contributed by atoms with Crippen molar-refractivity contribution in [2.24, 2.45) is 0 Å². The van der Waals surface area contributed by atoms with Gasteiger partial charge < -0.3 is 14.7 Å². The molecule has 1 aromatic carbocycles. The van der Waals surface area contributed by atoms with E-state index < -0.39 is 16.6 Å². The van der Waals surface area contributed by atoms with Crippen LogP contribution < -0.4 is 4.74 Å². The van der Waals surface area contributed by atoms with E-state index in [0.29, 0.717) is 0 Å². The van der Waals surface area contributed by atoms with Gasteiger partial charge in [0.15, 0.2) is 5.75 Å². The minimum atomic E-state index is -1.35. The first-order valence-corrected chi connectivity index (χ1v) is 5.97. The largest absolute Gasteiger partial charge is 0.485 e. The number of para-hydroxylation sites is 1. The average molecular weight is 282 g/mol. The number of carboxylic acids is 1. The number of likely N-dealkylation sites (N-methyl/N-ethyl adjacent to an activating group) is 1. The molecule has 0 atom stereocenters. The first-order valence-electron chi connectivity index (χ1n) is 5.97. The lowest BCUT2D eigenvalue weighted by Gasteiger charge is -2.32. The van der Waals surface area contributed by atoms with Crippen molar-refractivity contribution in [3.63, 3.8) is 0 Å². The molecule has 1 rings (SSSR count). The maximum absolute atomic E-state index is 11.1. The lowest BCUT2D eigenvalue weighted by atomic mass is 10.1. The summed E-state index contributed by atoms with van der Waals surface area (Å²) in [7, 11) is 3.73. The van der Waals surface area contributed by atoms with Crippen LogP contribution in [0.5, 0.6) is 5.75 Å². The molecule has 0 bridgehead atoms. The summed E-state index contributed by atoms with van der Waals surface area (Å²) in [5.74, 6) is -1.39. The van der Waals surface area contributed by atoms with E-state index in [1.807, 2.05) is 32.8 Å². The van der Waals surface area contributed by atoms with Crippen LogP contribution in [0.2, 0.25) is 0 Å². The van der Waals surface area contributed by atoms with Gasteiger partial charge in [-0.05, 0) is 40.1 Å². The molecule has 0 unspecified atom stereocenters. The van der Waals surface area contributed by atoms with Crippen molar-refractivity contribution >= 4 is 11.7 Å². The van der Waals surface area contributed by atoms with Crippen LogP contribution in [0.25, 0.3) is 0 Å². The van der Waals surface area contributed by atoms with E-state index in [1.54, 1.807) is 0 Å². The summed E-state index contributed by atoms with van der Waals surface area (Å²) in [6, 6.07) is 4.01. The van der Waals surface area contributed by atoms with E-state index >= 15 is 0 Å². The van der Waals surface area contributed by atoms with Gasteiger partial charge in [-0.1, -0.05) is 6.07 Å². The van der Waals surface area contributed by atoms with Gasteiger partial charge in [0.05, 0.1) is 4.92 Å². The fourth-order valence-electron chi connectivity index (χ4n) is 1.38. The third-order valence-corrected chi connectivity index (χ3v) is 3.20. The van der Waals surface area contributed by atoms with Crippen LogP contribution in [-0.2, 0) is 0 Å². The quantitative estimate of drug-likeness (QED) is 0.633. The Morgan fingerprint density at radius 2 is 2.05 bits per heavy atom. The smallest absolute Gasteiger partial charge is 0.342 e. The maximum Gasteiger partial charge on any atom is 0.342 e. The van der Waals surface area contributed by atoms with E-state index in [-0.39, 0.29) is 23.5 Å². The molecule has 7 heteroatoms. The average Bonchev–Trinajstić information content (AvgIpc) is 2.35. The zero-order valence-electron chi connectivity index (χ0n) is 11.9. The minimum absolute atomic E-state index is 0.0372. The predicted molar refractivity (Wildman–Crippen MR) is 73.3 cm³/mol. The second kappa shape index (κ2) is 5.87. The van der Waals surface area contributed by atoms with Crippen LogP contribution in [0.15, 0.2) is 18.2 Å². The molecule has 0 aliphatic rings. The number of nitro benzene ring substituents is 1. The van der Waals surface area contributed by atoms with E-state index in [2.05, 4.69) is 0 Å². The SMILES string of the molecule is CN(C)C(C)(C)COc1cccc(C(=O)O)c1[N+](=O)[O-]. The monoisotopic (exact) mass is 282 g/mol. The lowest BCUT2D eigenvalue weighted by Crippen LogP contribution is -2.43. The van der Waals surface area contributed by atoms with Crippen molar-refractivity contribution in [3.8, 4) is 5.75 Å². The molecule has 0 heterocycles. The number of nitro groups is 1. The summed E-state index contributed by atoms with van der Waals surface area (Å²) in [4.78, 5) is 23.3. The van der Waals surface area contributed by atoms with Gasteiger partial charge in [-0.2, -0.15) is 0 Å². The molecule has 0 aliphatic carbocycles. The zero-order chi connectivity index (χ0) is 15.5. The number of nitrogens with zero attached hydrogens (tertiary/aromatic N) is 2. The molecule has 1 N–H and O–H groups in total. The van der Waals surface area contributed by atoms with Gasteiger partial charge in [-0.3, -0.25) is 10.1 Å². The van der Waals surface area contributed by atoms with E-state index in [0.717, 1.165) is 0 Å². The molecule has 0 amide bonds. The lowest BCUT2D eigenvalue weighted by molar-refractivity contribution is -0.386. The van der Waals surface area contributed by atoms with Crippen LogP contribution >= 0.6 is 0 Å². The Bertz CT molecular complexity index is 525. The first kappa shape index (κ1) is 15.9. The molecule has 0 spiro atoms. The number of hydrogen-bond acceptors (Lipinski definition) is 5.